The maximum Gasteiger partial charge on any atom is 0.320 e. The van der Waals surface area contributed by atoms with E-state index in [4.69, 9.17) is 19.4 Å². The normalized spacial score (nSPS) is 26.5. The zero-order valence-electron chi connectivity index (χ0n) is 25.3. The van der Waals surface area contributed by atoms with E-state index in [1.54, 1.807) is 19.1 Å². The average molecular weight is 602 g/mol. The summed E-state index contributed by atoms with van der Waals surface area (Å²) in [4.78, 5) is 40.2. The fraction of sp³-hybridized carbons (Fsp3) is 0.455. The molecule has 11 heteroatoms. The SMILES string of the molecule is COc1cc2nc(-c3ccccc3)nc(O[C@@H]3C[C@H]4C(=O)N[C@]5(C(O)O)C[C@H]5/C=C\CCCCN(C)C(=O)N4C3)c2cc1C. The van der Waals surface area contributed by atoms with Crippen molar-refractivity contribution in [1.29, 1.82) is 0 Å². The number of nitrogens with one attached hydrogen (secondary N) is 1. The van der Waals surface area contributed by atoms with Crippen molar-refractivity contribution in [2.75, 3.05) is 27.2 Å². The number of carbonyl (C=O) groups excluding carboxylic acids is 2. The number of carbonyl (C=O) groups is 2. The molecule has 3 amide bonds. The van der Waals surface area contributed by atoms with E-state index in [-0.39, 0.29) is 24.9 Å². The van der Waals surface area contributed by atoms with Gasteiger partial charge in [-0.1, -0.05) is 42.5 Å². The molecule has 3 heterocycles. The van der Waals surface area contributed by atoms with Gasteiger partial charge in [0.05, 0.1) is 30.1 Å². The molecule has 232 valence electrons. The smallest absolute Gasteiger partial charge is 0.320 e. The fourth-order valence-electron chi connectivity index (χ4n) is 6.31. The molecule has 0 radical (unpaired) electrons. The molecule has 2 fully saturated rings. The van der Waals surface area contributed by atoms with Gasteiger partial charge < -0.3 is 34.8 Å². The average Bonchev–Trinajstić information content (AvgIpc) is 3.56. The first-order valence-electron chi connectivity index (χ1n) is 15.1. The van der Waals surface area contributed by atoms with Crippen molar-refractivity contribution in [3.63, 3.8) is 0 Å². The summed E-state index contributed by atoms with van der Waals surface area (Å²) in [6.07, 6.45) is 4.87. The van der Waals surface area contributed by atoms with Gasteiger partial charge in [-0.2, -0.15) is 4.98 Å². The number of methoxy groups -OCH3 is 1. The number of aryl methyl sites for hydroxylation is 1. The molecule has 2 aliphatic heterocycles. The van der Waals surface area contributed by atoms with Crippen LogP contribution in [-0.2, 0) is 4.79 Å². The third-order valence-electron chi connectivity index (χ3n) is 8.98. The first kappa shape index (κ1) is 29.8. The van der Waals surface area contributed by atoms with Gasteiger partial charge in [0.25, 0.3) is 0 Å². The van der Waals surface area contributed by atoms with Gasteiger partial charge in [-0.3, -0.25) is 4.79 Å². The molecule has 3 aromatic rings. The first-order chi connectivity index (χ1) is 21.2. The highest BCUT2D eigenvalue weighted by atomic mass is 16.5. The molecular weight excluding hydrogens is 562 g/mol. The molecule has 1 aromatic heterocycles. The van der Waals surface area contributed by atoms with Crippen LogP contribution in [0.4, 0.5) is 4.79 Å². The van der Waals surface area contributed by atoms with Gasteiger partial charge in [-0.25, -0.2) is 9.78 Å². The zero-order valence-corrected chi connectivity index (χ0v) is 25.3. The topological polar surface area (TPSA) is 137 Å². The number of nitrogens with zero attached hydrogens (tertiary/aromatic N) is 4. The van der Waals surface area contributed by atoms with E-state index >= 15 is 0 Å². The maximum absolute atomic E-state index is 13.8. The number of fused-ring (bicyclic) bond motifs is 3. The van der Waals surface area contributed by atoms with Gasteiger partial charge in [0.2, 0.25) is 11.8 Å². The third kappa shape index (κ3) is 5.69. The number of benzene rings is 2. The number of aliphatic hydroxyl groups is 2. The summed E-state index contributed by atoms with van der Waals surface area (Å²) in [6.45, 7) is 2.66. The van der Waals surface area contributed by atoms with Crippen molar-refractivity contribution in [2.24, 2.45) is 5.92 Å². The Kier molecular flexibility index (Phi) is 8.17. The quantitative estimate of drug-likeness (QED) is 0.299. The van der Waals surface area contributed by atoms with E-state index in [0.717, 1.165) is 30.4 Å². The Morgan fingerprint density at radius 2 is 1.91 bits per heavy atom. The molecule has 0 unspecified atom stereocenters. The summed E-state index contributed by atoms with van der Waals surface area (Å²) >= 11 is 0. The number of aromatic nitrogens is 2. The number of amides is 3. The Morgan fingerprint density at radius 1 is 1.11 bits per heavy atom. The molecular formula is C33H39N5O6. The molecule has 2 aromatic carbocycles. The molecule has 3 N–H and O–H groups in total. The van der Waals surface area contributed by atoms with Gasteiger partial charge in [-0.05, 0) is 44.2 Å². The van der Waals surface area contributed by atoms with Crippen molar-refractivity contribution < 1.29 is 29.3 Å². The van der Waals surface area contributed by atoms with Gasteiger partial charge in [0.15, 0.2) is 12.1 Å². The van der Waals surface area contributed by atoms with Crippen molar-refractivity contribution in [3.8, 4) is 23.0 Å². The Balaban J connectivity index is 1.34. The highest BCUT2D eigenvalue weighted by Gasteiger charge is 2.60. The van der Waals surface area contributed by atoms with Crippen LogP contribution in [0.5, 0.6) is 11.6 Å². The Bertz CT molecular complexity index is 1580. The monoisotopic (exact) mass is 601 g/mol. The summed E-state index contributed by atoms with van der Waals surface area (Å²) in [5.74, 6) is 0.912. The molecule has 44 heavy (non-hydrogen) atoms. The van der Waals surface area contributed by atoms with Crippen LogP contribution in [0.1, 0.15) is 37.7 Å². The van der Waals surface area contributed by atoms with E-state index in [1.165, 1.54) is 4.90 Å². The van der Waals surface area contributed by atoms with Crippen molar-refractivity contribution in [2.45, 2.75) is 63.0 Å². The lowest BCUT2D eigenvalue weighted by Crippen LogP contribution is -2.55. The summed E-state index contributed by atoms with van der Waals surface area (Å²) in [5, 5.41) is 24.1. The highest BCUT2D eigenvalue weighted by Crippen LogP contribution is 2.47. The lowest BCUT2D eigenvalue weighted by Gasteiger charge is -2.30. The summed E-state index contributed by atoms with van der Waals surface area (Å²) in [6, 6.07) is 12.2. The molecule has 1 saturated carbocycles. The van der Waals surface area contributed by atoms with Crippen LogP contribution in [0.15, 0.2) is 54.6 Å². The minimum absolute atomic E-state index is 0.167. The molecule has 11 nitrogen and oxygen atoms in total. The molecule has 1 saturated heterocycles. The molecule has 3 aliphatic rings. The second-order valence-electron chi connectivity index (χ2n) is 12.0. The second-order valence-corrected chi connectivity index (χ2v) is 12.0. The molecule has 6 rings (SSSR count). The van der Waals surface area contributed by atoms with Crippen molar-refractivity contribution >= 4 is 22.8 Å². The van der Waals surface area contributed by atoms with E-state index < -0.39 is 29.9 Å². The van der Waals surface area contributed by atoms with E-state index in [1.807, 2.05) is 61.5 Å². The number of allylic oxidation sites excluding steroid dienone is 1. The van der Waals surface area contributed by atoms with Gasteiger partial charge in [-0.15, -0.1) is 0 Å². The maximum atomic E-state index is 13.8. The van der Waals surface area contributed by atoms with Gasteiger partial charge >= 0.3 is 6.03 Å². The minimum atomic E-state index is -1.72. The number of rotatable bonds is 5. The first-order valence-corrected chi connectivity index (χ1v) is 15.1. The molecule has 1 aliphatic carbocycles. The summed E-state index contributed by atoms with van der Waals surface area (Å²) in [5.41, 5.74) is 1.19. The van der Waals surface area contributed by atoms with Crippen LogP contribution >= 0.6 is 0 Å². The standard InChI is InChI=1S/C33H39N5O6/c1-20-15-24-25(17-27(20)43-3)34-28(21-11-7-6-8-12-21)35-30(24)44-23-16-26-29(39)36-33(31(40)41)18-22(33)13-9-4-5-10-14-37(2)32(42)38(26)19-23/h6-9,11-13,15,17,22-23,26,31,40-41H,4-5,10,14,16,18-19H2,1-3H3,(H,36,39)/b13-9-/t22-,23-,26+,33-/m1/s1. The van der Waals surface area contributed by atoms with Crippen LogP contribution in [-0.4, -0.2) is 93.1 Å². The fourth-order valence-corrected chi connectivity index (χ4v) is 6.31. The molecule has 0 bridgehead atoms. The van der Waals surface area contributed by atoms with Crippen LogP contribution in [0.25, 0.3) is 22.3 Å². The Hall–Kier alpha value is -4.22. The number of hydrogen-bond donors (Lipinski definition) is 3. The van der Waals surface area contributed by atoms with Gasteiger partial charge in [0.1, 0.15) is 17.9 Å². The number of hydrogen-bond acceptors (Lipinski definition) is 8. The predicted molar refractivity (Wildman–Crippen MR) is 164 cm³/mol. The van der Waals surface area contributed by atoms with Crippen LogP contribution in [0, 0.1) is 12.8 Å². The Morgan fingerprint density at radius 3 is 2.66 bits per heavy atom. The predicted octanol–water partition coefficient (Wildman–Crippen LogP) is 3.41. The van der Waals surface area contributed by atoms with Crippen molar-refractivity contribution in [3.05, 3.63) is 60.2 Å². The lowest BCUT2D eigenvalue weighted by molar-refractivity contribution is -0.132. The highest BCUT2D eigenvalue weighted by molar-refractivity contribution is 5.89. The van der Waals surface area contributed by atoms with E-state index in [2.05, 4.69) is 5.32 Å². The lowest BCUT2D eigenvalue weighted by atomic mass is 10.1. The number of ether oxygens (including phenoxy) is 2. The minimum Gasteiger partial charge on any atom is -0.496 e. The van der Waals surface area contributed by atoms with Crippen LogP contribution in [0.2, 0.25) is 0 Å². The van der Waals surface area contributed by atoms with E-state index in [0.29, 0.717) is 41.3 Å². The number of urea groups is 1. The third-order valence-corrected chi connectivity index (χ3v) is 8.98. The number of aliphatic hydroxyl groups excluding tert-OH is 1. The van der Waals surface area contributed by atoms with Gasteiger partial charge in [0, 0.05) is 37.6 Å². The summed E-state index contributed by atoms with van der Waals surface area (Å²) < 4.78 is 12.1. The van der Waals surface area contributed by atoms with Crippen LogP contribution in [0.3, 0.4) is 0 Å². The zero-order chi connectivity index (χ0) is 31.0. The largest absolute Gasteiger partial charge is 0.496 e. The van der Waals surface area contributed by atoms with E-state index in [9.17, 15) is 19.8 Å². The molecule has 4 atom stereocenters. The van der Waals surface area contributed by atoms with Crippen molar-refractivity contribution in [1.82, 2.24) is 25.1 Å². The summed E-state index contributed by atoms with van der Waals surface area (Å²) in [7, 11) is 3.35. The Labute approximate surface area is 256 Å². The second kappa shape index (κ2) is 12.0. The van der Waals surface area contributed by atoms with Crippen LogP contribution < -0.4 is 14.8 Å². The molecule has 0 spiro atoms.